The van der Waals surface area contributed by atoms with E-state index in [1.807, 2.05) is 38.3 Å². The zero-order valence-electron chi connectivity index (χ0n) is 16.7. The Kier molecular flexibility index (Phi) is 6.43. The average molecular weight is 413 g/mol. The van der Waals surface area contributed by atoms with E-state index in [4.69, 9.17) is 4.52 Å². The molecule has 7 nitrogen and oxygen atoms in total. The van der Waals surface area contributed by atoms with E-state index >= 15 is 0 Å². The van der Waals surface area contributed by atoms with Crippen molar-refractivity contribution in [3.8, 4) is 10.7 Å². The van der Waals surface area contributed by atoms with Gasteiger partial charge < -0.3 is 15.2 Å². The third-order valence-electron chi connectivity index (χ3n) is 4.11. The van der Waals surface area contributed by atoms with Crippen LogP contribution in [-0.4, -0.2) is 22.0 Å². The van der Waals surface area contributed by atoms with Crippen LogP contribution < -0.4 is 10.6 Å². The Labute approximate surface area is 173 Å². The number of thiophene rings is 1. The van der Waals surface area contributed by atoms with Crippen LogP contribution in [0.4, 0.5) is 11.4 Å². The SMILES string of the molecule is CC(C)(C)C(=O)Nc1ccc(NC(=O)CCCc2nc(-c3cccs3)no2)cc1. The Morgan fingerprint density at radius 1 is 1.07 bits per heavy atom. The van der Waals surface area contributed by atoms with Crippen molar-refractivity contribution in [3.63, 3.8) is 0 Å². The molecule has 0 aliphatic rings. The van der Waals surface area contributed by atoms with E-state index in [2.05, 4.69) is 20.8 Å². The highest BCUT2D eigenvalue weighted by molar-refractivity contribution is 7.13. The highest BCUT2D eigenvalue weighted by atomic mass is 32.1. The predicted octanol–water partition coefficient (Wildman–Crippen LogP) is 4.74. The molecular formula is C21H24N4O3S. The number of hydrogen-bond donors (Lipinski definition) is 2. The molecule has 0 bridgehead atoms. The fourth-order valence-electron chi connectivity index (χ4n) is 2.44. The maximum absolute atomic E-state index is 12.1. The van der Waals surface area contributed by atoms with Gasteiger partial charge in [-0.25, -0.2) is 0 Å². The van der Waals surface area contributed by atoms with Gasteiger partial charge in [-0.15, -0.1) is 11.3 Å². The molecule has 2 heterocycles. The summed E-state index contributed by atoms with van der Waals surface area (Å²) in [5, 5.41) is 11.6. The normalized spacial score (nSPS) is 11.3. The maximum Gasteiger partial charge on any atom is 0.229 e. The molecule has 3 aromatic rings. The molecule has 0 radical (unpaired) electrons. The molecule has 2 aromatic heterocycles. The molecular weight excluding hydrogens is 388 g/mol. The highest BCUT2D eigenvalue weighted by Crippen LogP contribution is 2.22. The number of nitrogens with one attached hydrogen (secondary N) is 2. The summed E-state index contributed by atoms with van der Waals surface area (Å²) in [5.74, 6) is 0.963. The molecule has 0 aliphatic heterocycles. The summed E-state index contributed by atoms with van der Waals surface area (Å²) in [7, 11) is 0. The lowest BCUT2D eigenvalue weighted by Gasteiger charge is -2.17. The van der Waals surface area contributed by atoms with E-state index in [0.717, 1.165) is 4.88 Å². The summed E-state index contributed by atoms with van der Waals surface area (Å²) < 4.78 is 5.24. The molecule has 8 heteroatoms. The van der Waals surface area contributed by atoms with Crippen LogP contribution in [0.1, 0.15) is 39.5 Å². The molecule has 29 heavy (non-hydrogen) atoms. The number of rotatable bonds is 7. The van der Waals surface area contributed by atoms with Gasteiger partial charge in [0.05, 0.1) is 4.88 Å². The first-order chi connectivity index (χ1) is 13.8. The molecule has 2 N–H and O–H groups in total. The van der Waals surface area contributed by atoms with Crippen molar-refractivity contribution in [1.82, 2.24) is 10.1 Å². The van der Waals surface area contributed by atoms with Crippen molar-refractivity contribution >= 4 is 34.5 Å². The van der Waals surface area contributed by atoms with Crippen molar-refractivity contribution in [2.24, 2.45) is 5.41 Å². The second-order valence-corrected chi connectivity index (χ2v) is 8.62. The summed E-state index contributed by atoms with van der Waals surface area (Å²) in [6.45, 7) is 5.57. The van der Waals surface area contributed by atoms with Crippen LogP contribution in [0.15, 0.2) is 46.3 Å². The molecule has 3 rings (SSSR count). The number of benzene rings is 1. The summed E-state index contributed by atoms with van der Waals surface area (Å²) in [4.78, 5) is 29.5. The zero-order chi connectivity index (χ0) is 20.9. The lowest BCUT2D eigenvalue weighted by atomic mass is 9.95. The first-order valence-electron chi connectivity index (χ1n) is 9.39. The third-order valence-corrected chi connectivity index (χ3v) is 4.98. The van der Waals surface area contributed by atoms with E-state index in [1.54, 1.807) is 35.6 Å². The van der Waals surface area contributed by atoms with Gasteiger partial charge in [0.15, 0.2) is 0 Å². The third kappa shape index (κ3) is 5.99. The smallest absolute Gasteiger partial charge is 0.229 e. The Morgan fingerprint density at radius 3 is 2.38 bits per heavy atom. The summed E-state index contributed by atoms with van der Waals surface area (Å²) in [6, 6.07) is 10.9. The first kappa shape index (κ1) is 20.7. The van der Waals surface area contributed by atoms with Gasteiger partial charge in [-0.1, -0.05) is 32.0 Å². The zero-order valence-corrected chi connectivity index (χ0v) is 17.5. The number of hydrogen-bond acceptors (Lipinski definition) is 6. The monoisotopic (exact) mass is 412 g/mol. The first-order valence-corrected chi connectivity index (χ1v) is 10.3. The second kappa shape index (κ2) is 9.00. The number of aromatic nitrogens is 2. The van der Waals surface area contributed by atoms with Crippen LogP contribution in [-0.2, 0) is 16.0 Å². The number of anilines is 2. The van der Waals surface area contributed by atoms with Crippen molar-refractivity contribution < 1.29 is 14.1 Å². The lowest BCUT2D eigenvalue weighted by Crippen LogP contribution is -2.27. The molecule has 2 amide bonds. The minimum atomic E-state index is -0.463. The molecule has 0 spiro atoms. The highest BCUT2D eigenvalue weighted by Gasteiger charge is 2.21. The average Bonchev–Trinajstić information content (AvgIpc) is 3.34. The summed E-state index contributed by atoms with van der Waals surface area (Å²) >= 11 is 1.55. The van der Waals surface area contributed by atoms with Crippen LogP contribution >= 0.6 is 11.3 Å². The Bertz CT molecular complexity index is 957. The Hall–Kier alpha value is -3.00. The molecule has 152 valence electrons. The van der Waals surface area contributed by atoms with Gasteiger partial charge in [0.25, 0.3) is 0 Å². The summed E-state index contributed by atoms with van der Waals surface area (Å²) in [6.07, 6.45) is 1.50. The van der Waals surface area contributed by atoms with E-state index < -0.39 is 5.41 Å². The Morgan fingerprint density at radius 2 is 1.76 bits per heavy atom. The van der Waals surface area contributed by atoms with Crippen LogP contribution in [0.25, 0.3) is 10.7 Å². The van der Waals surface area contributed by atoms with Gasteiger partial charge in [-0.2, -0.15) is 4.98 Å². The number of carbonyl (C=O) groups is 2. The molecule has 1 aromatic carbocycles. The van der Waals surface area contributed by atoms with E-state index in [-0.39, 0.29) is 11.8 Å². The fraction of sp³-hybridized carbons (Fsp3) is 0.333. The van der Waals surface area contributed by atoms with Crippen molar-refractivity contribution in [2.75, 3.05) is 10.6 Å². The minimum Gasteiger partial charge on any atom is -0.339 e. The maximum atomic E-state index is 12.1. The molecule has 0 aliphatic carbocycles. The van der Waals surface area contributed by atoms with Gasteiger partial charge >= 0.3 is 0 Å². The number of nitrogens with zero attached hydrogens (tertiary/aromatic N) is 2. The molecule has 0 fully saturated rings. The topological polar surface area (TPSA) is 97.1 Å². The number of amides is 2. The number of aryl methyl sites for hydroxylation is 1. The van der Waals surface area contributed by atoms with Crippen molar-refractivity contribution in [3.05, 3.63) is 47.7 Å². The van der Waals surface area contributed by atoms with Gasteiger partial charge in [0, 0.05) is 29.6 Å². The number of carbonyl (C=O) groups excluding carboxylic acids is 2. The predicted molar refractivity (Wildman–Crippen MR) is 114 cm³/mol. The van der Waals surface area contributed by atoms with Gasteiger partial charge in [0.2, 0.25) is 23.5 Å². The van der Waals surface area contributed by atoms with Crippen LogP contribution in [0.5, 0.6) is 0 Å². The molecule has 0 atom stereocenters. The second-order valence-electron chi connectivity index (χ2n) is 7.67. The molecule has 0 saturated carbocycles. The Balaban J connectivity index is 1.43. The van der Waals surface area contributed by atoms with E-state index in [9.17, 15) is 9.59 Å². The van der Waals surface area contributed by atoms with Crippen molar-refractivity contribution in [1.29, 1.82) is 0 Å². The van der Waals surface area contributed by atoms with Gasteiger partial charge in [0.1, 0.15) is 0 Å². The summed E-state index contributed by atoms with van der Waals surface area (Å²) in [5.41, 5.74) is 0.915. The van der Waals surface area contributed by atoms with Crippen LogP contribution in [0.2, 0.25) is 0 Å². The quantitative estimate of drug-likeness (QED) is 0.584. The van der Waals surface area contributed by atoms with Crippen LogP contribution in [0, 0.1) is 5.41 Å². The molecule has 0 saturated heterocycles. The molecule has 0 unspecified atom stereocenters. The van der Waals surface area contributed by atoms with Crippen molar-refractivity contribution in [2.45, 2.75) is 40.0 Å². The van der Waals surface area contributed by atoms with Crippen LogP contribution in [0.3, 0.4) is 0 Å². The van der Waals surface area contributed by atoms with Gasteiger partial charge in [-0.05, 0) is 42.1 Å². The van der Waals surface area contributed by atoms with E-state index in [1.165, 1.54) is 0 Å². The standard InChI is InChI=1S/C21H24N4O3S/c1-21(2,3)20(27)23-15-11-9-14(10-12-15)22-17(26)7-4-8-18-24-19(25-28-18)16-6-5-13-29-16/h5-6,9-13H,4,7-8H2,1-3H3,(H,22,26)(H,23,27). The lowest BCUT2D eigenvalue weighted by molar-refractivity contribution is -0.123. The fourth-order valence-corrected chi connectivity index (χ4v) is 3.09. The largest absolute Gasteiger partial charge is 0.339 e. The van der Waals surface area contributed by atoms with E-state index in [0.29, 0.717) is 42.4 Å². The van der Waals surface area contributed by atoms with Gasteiger partial charge in [-0.3, -0.25) is 9.59 Å². The minimum absolute atomic E-state index is 0.0578.